The Balaban J connectivity index is 2.46. The molecule has 0 aromatic heterocycles. The van der Waals surface area contributed by atoms with Crippen LogP contribution in [0.15, 0.2) is 0 Å². The number of carboxylic acids is 1. The van der Waals surface area contributed by atoms with Crippen LogP contribution in [-0.2, 0) is 4.79 Å². The molecule has 0 spiro atoms. The number of piperidine rings is 1. The van der Waals surface area contributed by atoms with E-state index in [2.05, 4.69) is 16.8 Å². The lowest BCUT2D eigenvalue weighted by Crippen LogP contribution is -2.47. The number of likely N-dealkylation sites (tertiary alicyclic amines) is 1. The van der Waals surface area contributed by atoms with E-state index in [-0.39, 0.29) is 12.0 Å². The molecule has 1 aliphatic heterocycles. The van der Waals surface area contributed by atoms with Crippen LogP contribution in [0.5, 0.6) is 0 Å². The van der Waals surface area contributed by atoms with Crippen molar-refractivity contribution in [3.63, 3.8) is 0 Å². The summed E-state index contributed by atoms with van der Waals surface area (Å²) in [5.41, 5.74) is -0.262. The van der Waals surface area contributed by atoms with E-state index in [1.165, 1.54) is 19.4 Å². The Morgan fingerprint density at radius 1 is 1.53 bits per heavy atom. The van der Waals surface area contributed by atoms with Gasteiger partial charge in [-0.3, -0.25) is 4.79 Å². The minimum Gasteiger partial charge on any atom is -0.481 e. The second kappa shape index (κ2) is 5.83. The normalized spacial score (nSPS) is 23.0. The molecule has 1 heterocycles. The fourth-order valence-electron chi connectivity index (χ4n) is 2.56. The van der Waals surface area contributed by atoms with Crippen LogP contribution in [0.2, 0.25) is 0 Å². The van der Waals surface area contributed by atoms with Gasteiger partial charge in [-0.05, 0) is 53.2 Å². The standard InChI is InChI=1S/C13H26N2O2/c1-13(2,8-12(16)17)15(4)10-11-6-5-7-14(3)9-11/h11H,5-10H2,1-4H3,(H,16,17). The fourth-order valence-corrected chi connectivity index (χ4v) is 2.56. The van der Waals surface area contributed by atoms with Gasteiger partial charge in [0.15, 0.2) is 0 Å². The largest absolute Gasteiger partial charge is 0.481 e. The van der Waals surface area contributed by atoms with E-state index < -0.39 is 5.97 Å². The van der Waals surface area contributed by atoms with Crippen LogP contribution < -0.4 is 0 Å². The number of aliphatic carboxylic acids is 1. The predicted molar refractivity (Wildman–Crippen MR) is 69.2 cm³/mol. The van der Waals surface area contributed by atoms with Gasteiger partial charge in [-0.1, -0.05) is 0 Å². The van der Waals surface area contributed by atoms with Crippen LogP contribution in [-0.4, -0.2) is 60.1 Å². The molecule has 0 amide bonds. The van der Waals surface area contributed by atoms with Gasteiger partial charge in [0.05, 0.1) is 6.42 Å². The Hall–Kier alpha value is -0.610. The summed E-state index contributed by atoms with van der Waals surface area (Å²) < 4.78 is 0. The highest BCUT2D eigenvalue weighted by Crippen LogP contribution is 2.22. The van der Waals surface area contributed by atoms with Gasteiger partial charge < -0.3 is 14.9 Å². The van der Waals surface area contributed by atoms with Crippen LogP contribution in [0.3, 0.4) is 0 Å². The maximum Gasteiger partial charge on any atom is 0.305 e. The average Bonchev–Trinajstić information content (AvgIpc) is 2.15. The van der Waals surface area contributed by atoms with Gasteiger partial charge in [0, 0.05) is 18.6 Å². The maximum atomic E-state index is 10.8. The van der Waals surface area contributed by atoms with Crippen LogP contribution in [0.25, 0.3) is 0 Å². The van der Waals surface area contributed by atoms with E-state index >= 15 is 0 Å². The highest BCUT2D eigenvalue weighted by molar-refractivity contribution is 5.68. The van der Waals surface area contributed by atoms with E-state index in [1.807, 2.05) is 20.9 Å². The SMILES string of the molecule is CN1CCCC(CN(C)C(C)(C)CC(=O)O)C1. The monoisotopic (exact) mass is 242 g/mol. The third-order valence-corrected chi connectivity index (χ3v) is 3.87. The Bertz CT molecular complexity index is 266. The van der Waals surface area contributed by atoms with Crippen molar-refractivity contribution in [1.82, 2.24) is 9.80 Å². The topological polar surface area (TPSA) is 43.8 Å². The Morgan fingerprint density at radius 3 is 2.71 bits per heavy atom. The highest BCUT2D eigenvalue weighted by atomic mass is 16.4. The minimum absolute atomic E-state index is 0.200. The molecule has 1 saturated heterocycles. The van der Waals surface area contributed by atoms with Crippen molar-refractivity contribution in [3.8, 4) is 0 Å². The lowest BCUT2D eigenvalue weighted by atomic mass is 9.93. The first-order valence-corrected chi connectivity index (χ1v) is 6.43. The predicted octanol–water partition coefficient (Wildman–Crippen LogP) is 1.51. The molecule has 0 aliphatic carbocycles. The Morgan fingerprint density at radius 2 is 2.18 bits per heavy atom. The first kappa shape index (κ1) is 14.5. The molecule has 1 aliphatic rings. The van der Waals surface area contributed by atoms with Crippen LogP contribution in [0.1, 0.15) is 33.1 Å². The summed E-state index contributed by atoms with van der Waals surface area (Å²) in [5.74, 6) is -0.0468. The number of nitrogens with zero attached hydrogens (tertiary/aromatic N) is 2. The van der Waals surface area contributed by atoms with Crippen molar-refractivity contribution >= 4 is 5.97 Å². The third kappa shape index (κ3) is 4.64. The maximum absolute atomic E-state index is 10.8. The van der Waals surface area contributed by atoms with E-state index in [0.717, 1.165) is 13.1 Å². The first-order valence-electron chi connectivity index (χ1n) is 6.43. The number of carboxylic acid groups (broad SMARTS) is 1. The van der Waals surface area contributed by atoms with Gasteiger partial charge in [-0.15, -0.1) is 0 Å². The van der Waals surface area contributed by atoms with Crippen LogP contribution in [0, 0.1) is 5.92 Å². The van der Waals surface area contributed by atoms with E-state index in [1.54, 1.807) is 0 Å². The molecule has 1 unspecified atom stereocenters. The molecular weight excluding hydrogens is 216 g/mol. The zero-order valence-electron chi connectivity index (χ0n) is 11.6. The van der Waals surface area contributed by atoms with E-state index in [0.29, 0.717) is 5.92 Å². The molecule has 0 aromatic carbocycles. The molecule has 17 heavy (non-hydrogen) atoms. The van der Waals surface area contributed by atoms with Gasteiger partial charge in [-0.25, -0.2) is 0 Å². The number of hydrogen-bond acceptors (Lipinski definition) is 3. The lowest BCUT2D eigenvalue weighted by Gasteiger charge is -2.39. The Labute approximate surface area is 105 Å². The van der Waals surface area contributed by atoms with Crippen molar-refractivity contribution in [1.29, 1.82) is 0 Å². The number of hydrogen-bond donors (Lipinski definition) is 1. The van der Waals surface area contributed by atoms with Gasteiger partial charge >= 0.3 is 5.97 Å². The van der Waals surface area contributed by atoms with Gasteiger partial charge in [0.2, 0.25) is 0 Å². The second-order valence-electron chi connectivity index (χ2n) is 6.03. The molecule has 1 fully saturated rings. The summed E-state index contributed by atoms with van der Waals surface area (Å²) >= 11 is 0. The van der Waals surface area contributed by atoms with Gasteiger partial charge in [0.1, 0.15) is 0 Å². The lowest BCUT2D eigenvalue weighted by molar-refractivity contribution is -0.139. The van der Waals surface area contributed by atoms with Crippen molar-refractivity contribution in [2.24, 2.45) is 5.92 Å². The molecule has 4 nitrogen and oxygen atoms in total. The summed E-state index contributed by atoms with van der Waals surface area (Å²) in [6.45, 7) is 7.33. The van der Waals surface area contributed by atoms with Crippen molar-refractivity contribution < 1.29 is 9.90 Å². The van der Waals surface area contributed by atoms with E-state index in [4.69, 9.17) is 5.11 Å². The quantitative estimate of drug-likeness (QED) is 0.794. The van der Waals surface area contributed by atoms with Crippen LogP contribution >= 0.6 is 0 Å². The molecule has 1 N–H and O–H groups in total. The smallest absolute Gasteiger partial charge is 0.305 e. The summed E-state index contributed by atoms with van der Waals surface area (Å²) in [6, 6.07) is 0. The molecular formula is C13H26N2O2. The summed E-state index contributed by atoms with van der Waals surface area (Å²) in [7, 11) is 4.20. The number of rotatable bonds is 5. The van der Waals surface area contributed by atoms with Crippen molar-refractivity contribution in [3.05, 3.63) is 0 Å². The molecule has 1 atom stereocenters. The highest BCUT2D eigenvalue weighted by Gasteiger charge is 2.29. The average molecular weight is 242 g/mol. The number of carbonyl (C=O) groups is 1. The van der Waals surface area contributed by atoms with Crippen LogP contribution in [0.4, 0.5) is 0 Å². The molecule has 0 radical (unpaired) electrons. The third-order valence-electron chi connectivity index (χ3n) is 3.87. The zero-order valence-corrected chi connectivity index (χ0v) is 11.6. The minimum atomic E-state index is -0.720. The van der Waals surface area contributed by atoms with E-state index in [9.17, 15) is 4.79 Å². The first-order chi connectivity index (χ1) is 7.81. The van der Waals surface area contributed by atoms with Crippen molar-refractivity contribution in [2.45, 2.75) is 38.6 Å². The van der Waals surface area contributed by atoms with Crippen molar-refractivity contribution in [2.75, 3.05) is 33.7 Å². The zero-order chi connectivity index (χ0) is 13.1. The molecule has 0 aromatic rings. The summed E-state index contributed by atoms with van der Waals surface area (Å²) in [4.78, 5) is 15.4. The molecule has 0 bridgehead atoms. The molecule has 4 heteroatoms. The fraction of sp³-hybridized carbons (Fsp3) is 0.923. The summed E-state index contributed by atoms with van der Waals surface area (Å²) in [5, 5.41) is 8.91. The summed E-state index contributed by atoms with van der Waals surface area (Å²) in [6.07, 6.45) is 2.72. The molecule has 0 saturated carbocycles. The second-order valence-corrected chi connectivity index (χ2v) is 6.03. The van der Waals surface area contributed by atoms with Gasteiger partial charge in [-0.2, -0.15) is 0 Å². The molecule has 1 rings (SSSR count). The van der Waals surface area contributed by atoms with Gasteiger partial charge in [0.25, 0.3) is 0 Å². The molecule has 100 valence electrons. The Kier molecular flexibility index (Phi) is 4.95.